The summed E-state index contributed by atoms with van der Waals surface area (Å²) in [5, 5.41) is 14.9. The molecule has 2 rings (SSSR count). The minimum Gasteiger partial charge on any atom is -0.465 e. The zero-order valence-corrected chi connectivity index (χ0v) is 22.1. The summed E-state index contributed by atoms with van der Waals surface area (Å²) >= 11 is 0. The van der Waals surface area contributed by atoms with E-state index in [4.69, 9.17) is 4.74 Å². The molecular formula is C25H35F3N4O6. The van der Waals surface area contributed by atoms with Gasteiger partial charge in [0.2, 0.25) is 5.91 Å². The third-order valence-electron chi connectivity index (χ3n) is 6.24. The van der Waals surface area contributed by atoms with Crippen LogP contribution in [0.5, 0.6) is 0 Å². The molecule has 0 aliphatic heterocycles. The fraction of sp³-hybridized carbons (Fsp3) is 0.600. The average Bonchev–Trinajstić information content (AvgIpc) is 2.80. The number of benzene rings is 1. The van der Waals surface area contributed by atoms with Gasteiger partial charge in [-0.2, -0.15) is 13.2 Å². The molecule has 1 aromatic carbocycles. The second-order valence-electron chi connectivity index (χ2n) is 10.5. The summed E-state index contributed by atoms with van der Waals surface area (Å²) in [6.07, 6.45) is -5.11. The van der Waals surface area contributed by atoms with Gasteiger partial charge in [0.25, 0.3) is 5.91 Å². The predicted molar refractivity (Wildman–Crippen MR) is 131 cm³/mol. The van der Waals surface area contributed by atoms with Crippen molar-refractivity contribution in [1.29, 1.82) is 0 Å². The summed E-state index contributed by atoms with van der Waals surface area (Å²) in [6.45, 7) is 4.80. The van der Waals surface area contributed by atoms with Gasteiger partial charge in [-0.3, -0.25) is 9.59 Å². The maximum absolute atomic E-state index is 12.9. The number of hydrogen-bond acceptors (Lipinski definition) is 5. The van der Waals surface area contributed by atoms with E-state index >= 15 is 0 Å². The Labute approximate surface area is 219 Å². The zero-order chi connectivity index (χ0) is 28.8. The van der Waals surface area contributed by atoms with Gasteiger partial charge in [0, 0.05) is 43.2 Å². The molecule has 0 saturated heterocycles. The quantitative estimate of drug-likeness (QED) is 0.482. The second kappa shape index (κ2) is 12.4. The van der Waals surface area contributed by atoms with Crippen molar-refractivity contribution >= 4 is 24.0 Å². The van der Waals surface area contributed by atoms with Gasteiger partial charge in [0.05, 0.1) is 18.7 Å². The predicted octanol–water partition coefficient (Wildman–Crippen LogP) is 3.57. The summed E-state index contributed by atoms with van der Waals surface area (Å²) < 4.78 is 44.1. The number of nitrogens with one attached hydrogen (secondary N) is 2. The first-order valence-electron chi connectivity index (χ1n) is 12.1. The SMILES string of the molecule is CN(C)C(=O)OC[C@@H]1CC(N(C(=O)O)C(C)(C)C)CC[C@@H]1NC(=O)CNC(=O)c1cccc(C(F)(F)F)c1. The monoisotopic (exact) mass is 544 g/mol. The van der Waals surface area contributed by atoms with E-state index in [-0.39, 0.29) is 18.2 Å². The number of carbonyl (C=O) groups is 4. The Kier molecular flexibility index (Phi) is 9.99. The van der Waals surface area contributed by atoms with Crippen molar-refractivity contribution in [3.63, 3.8) is 0 Å². The van der Waals surface area contributed by atoms with Gasteiger partial charge in [-0.15, -0.1) is 0 Å². The van der Waals surface area contributed by atoms with Gasteiger partial charge < -0.3 is 30.3 Å². The Morgan fingerprint density at radius 1 is 1.11 bits per heavy atom. The average molecular weight is 545 g/mol. The number of carboxylic acid groups (broad SMARTS) is 1. The smallest absolute Gasteiger partial charge is 0.416 e. The van der Waals surface area contributed by atoms with Crippen molar-refractivity contribution in [3.8, 4) is 0 Å². The van der Waals surface area contributed by atoms with E-state index in [9.17, 15) is 37.5 Å². The number of alkyl halides is 3. The number of hydrogen-bond donors (Lipinski definition) is 3. The molecule has 38 heavy (non-hydrogen) atoms. The lowest BCUT2D eigenvalue weighted by Crippen LogP contribution is -2.56. The van der Waals surface area contributed by atoms with Crippen molar-refractivity contribution in [1.82, 2.24) is 20.4 Å². The first-order valence-corrected chi connectivity index (χ1v) is 12.1. The molecule has 0 bridgehead atoms. The van der Waals surface area contributed by atoms with Gasteiger partial charge in [-0.25, -0.2) is 9.59 Å². The van der Waals surface area contributed by atoms with Gasteiger partial charge in [-0.1, -0.05) is 6.07 Å². The van der Waals surface area contributed by atoms with Crippen LogP contribution in [0.3, 0.4) is 0 Å². The number of ether oxygens (including phenoxy) is 1. The molecule has 0 aromatic heterocycles. The third kappa shape index (κ3) is 8.52. The number of halogens is 3. The first-order chi connectivity index (χ1) is 17.5. The van der Waals surface area contributed by atoms with E-state index in [2.05, 4.69) is 10.6 Å². The van der Waals surface area contributed by atoms with E-state index in [1.54, 1.807) is 20.8 Å². The Morgan fingerprint density at radius 2 is 1.76 bits per heavy atom. The highest BCUT2D eigenvalue weighted by atomic mass is 19.4. The molecule has 1 aromatic rings. The normalized spacial score (nSPS) is 19.7. The van der Waals surface area contributed by atoms with E-state index in [0.717, 1.165) is 12.1 Å². The minimum atomic E-state index is -4.61. The third-order valence-corrected chi connectivity index (χ3v) is 6.24. The van der Waals surface area contributed by atoms with E-state index in [0.29, 0.717) is 25.3 Å². The molecule has 0 radical (unpaired) electrons. The van der Waals surface area contributed by atoms with Crippen LogP contribution in [0.1, 0.15) is 56.0 Å². The van der Waals surface area contributed by atoms with Gasteiger partial charge in [0.15, 0.2) is 0 Å². The summed E-state index contributed by atoms with van der Waals surface area (Å²) in [4.78, 5) is 51.5. The highest BCUT2D eigenvalue weighted by Gasteiger charge is 2.40. The van der Waals surface area contributed by atoms with E-state index in [1.807, 2.05) is 0 Å². The van der Waals surface area contributed by atoms with Crippen molar-refractivity contribution in [2.75, 3.05) is 27.2 Å². The van der Waals surface area contributed by atoms with E-state index < -0.39 is 59.8 Å². The van der Waals surface area contributed by atoms with Crippen LogP contribution in [0.4, 0.5) is 22.8 Å². The van der Waals surface area contributed by atoms with Gasteiger partial charge in [-0.05, 0) is 58.2 Å². The molecule has 13 heteroatoms. The number of amides is 4. The summed E-state index contributed by atoms with van der Waals surface area (Å²) in [7, 11) is 3.04. The molecule has 212 valence electrons. The van der Waals surface area contributed by atoms with E-state index in [1.165, 1.54) is 30.0 Å². The molecule has 1 aliphatic carbocycles. The molecule has 4 amide bonds. The maximum atomic E-state index is 12.9. The van der Waals surface area contributed by atoms with Crippen LogP contribution >= 0.6 is 0 Å². The lowest BCUT2D eigenvalue weighted by atomic mass is 9.80. The summed E-state index contributed by atoms with van der Waals surface area (Å²) in [5.74, 6) is -1.83. The van der Waals surface area contributed by atoms with Crippen molar-refractivity contribution in [3.05, 3.63) is 35.4 Å². The number of nitrogens with zero attached hydrogens (tertiary/aromatic N) is 2. The molecule has 1 saturated carbocycles. The molecule has 0 spiro atoms. The van der Waals surface area contributed by atoms with Crippen molar-refractivity contribution in [2.24, 2.45) is 5.92 Å². The molecule has 3 atom stereocenters. The Morgan fingerprint density at radius 3 is 2.32 bits per heavy atom. The second-order valence-corrected chi connectivity index (χ2v) is 10.5. The zero-order valence-electron chi connectivity index (χ0n) is 22.1. The van der Waals surface area contributed by atoms with Crippen molar-refractivity contribution in [2.45, 2.75) is 63.8 Å². The fourth-order valence-electron chi connectivity index (χ4n) is 4.50. The highest BCUT2D eigenvalue weighted by molar-refractivity contribution is 5.96. The highest BCUT2D eigenvalue weighted by Crippen LogP contribution is 2.33. The molecule has 3 N–H and O–H groups in total. The fourth-order valence-corrected chi connectivity index (χ4v) is 4.50. The molecular weight excluding hydrogens is 509 g/mol. The van der Waals surface area contributed by atoms with Gasteiger partial charge >= 0.3 is 18.4 Å². The lowest BCUT2D eigenvalue weighted by molar-refractivity contribution is -0.137. The Hall–Kier alpha value is -3.51. The largest absolute Gasteiger partial charge is 0.465 e. The first kappa shape index (κ1) is 30.7. The lowest BCUT2D eigenvalue weighted by Gasteiger charge is -2.45. The van der Waals surface area contributed by atoms with Crippen LogP contribution in [-0.2, 0) is 15.7 Å². The molecule has 10 nitrogen and oxygen atoms in total. The summed E-state index contributed by atoms with van der Waals surface area (Å²) in [6, 6.07) is 3.01. The molecule has 0 heterocycles. The topological polar surface area (TPSA) is 128 Å². The molecule has 1 unspecified atom stereocenters. The maximum Gasteiger partial charge on any atom is 0.416 e. The van der Waals surface area contributed by atoms with Crippen LogP contribution in [0.15, 0.2) is 24.3 Å². The van der Waals surface area contributed by atoms with Crippen LogP contribution < -0.4 is 10.6 Å². The number of carbonyl (C=O) groups excluding carboxylic acids is 3. The molecule has 1 fully saturated rings. The molecule has 1 aliphatic rings. The standard InChI is InChI=1S/C25H35F3N4O6/c1-24(2,3)32(22(35)36)18-9-10-19(16(12-18)14-38-23(37)31(4)5)30-20(33)13-29-21(34)15-7-6-8-17(11-15)25(26,27)28/h6-8,11,16,18-19H,9-10,12-14H2,1-5H3,(H,29,34)(H,30,33)(H,35,36)/t16-,18?,19-/m0/s1. The van der Waals surface area contributed by atoms with Crippen LogP contribution in [0.2, 0.25) is 0 Å². The number of rotatable bonds is 7. The van der Waals surface area contributed by atoms with Crippen LogP contribution in [0, 0.1) is 5.92 Å². The minimum absolute atomic E-state index is 0.0628. The van der Waals surface area contributed by atoms with Crippen LogP contribution in [0.25, 0.3) is 0 Å². The Balaban J connectivity index is 2.07. The Bertz CT molecular complexity index is 1030. The van der Waals surface area contributed by atoms with Crippen LogP contribution in [-0.4, -0.2) is 83.8 Å². The van der Waals surface area contributed by atoms with Crippen molar-refractivity contribution < 1.29 is 42.2 Å². The van der Waals surface area contributed by atoms with Gasteiger partial charge in [0.1, 0.15) is 0 Å². The summed E-state index contributed by atoms with van der Waals surface area (Å²) in [5.41, 5.74) is -1.89.